The molecule has 4 nitrogen and oxygen atoms in total. The molecule has 2 aliphatic heterocycles. The van der Waals surface area contributed by atoms with Crippen molar-refractivity contribution in [1.29, 1.82) is 0 Å². The standard InChI is InChI=1S/C15H15BrF2N2O2/c16-12-6-19-5-10-7-20-11(8-22-14(10)12)3-1-2-9(15(20)21)4-13(17)18/h1,3,5-6,9,11,13H,2,4,7-8H2/t9?,11-/m1/s1. The Morgan fingerprint density at radius 2 is 2.27 bits per heavy atom. The molecule has 1 aromatic heterocycles. The number of rotatable bonds is 2. The number of aromatic nitrogens is 1. The second kappa shape index (κ2) is 6.32. The zero-order valence-corrected chi connectivity index (χ0v) is 13.3. The van der Waals surface area contributed by atoms with E-state index in [1.807, 2.05) is 12.2 Å². The number of nitrogens with zero attached hydrogens (tertiary/aromatic N) is 2. The van der Waals surface area contributed by atoms with Crippen LogP contribution in [0.1, 0.15) is 18.4 Å². The molecule has 0 aromatic carbocycles. The lowest BCUT2D eigenvalue weighted by molar-refractivity contribution is -0.138. The molecule has 118 valence electrons. The molecule has 1 unspecified atom stereocenters. The second-order valence-electron chi connectivity index (χ2n) is 5.44. The average Bonchev–Trinajstić information content (AvgIpc) is 2.73. The fourth-order valence-corrected chi connectivity index (χ4v) is 3.33. The summed E-state index contributed by atoms with van der Waals surface area (Å²) in [5.41, 5.74) is 0.774. The molecule has 0 spiro atoms. The van der Waals surface area contributed by atoms with Gasteiger partial charge >= 0.3 is 0 Å². The summed E-state index contributed by atoms with van der Waals surface area (Å²) >= 11 is 3.38. The van der Waals surface area contributed by atoms with E-state index in [1.165, 1.54) is 0 Å². The molecule has 22 heavy (non-hydrogen) atoms. The van der Waals surface area contributed by atoms with Crippen molar-refractivity contribution in [3.05, 3.63) is 34.6 Å². The molecule has 0 radical (unpaired) electrons. The summed E-state index contributed by atoms with van der Waals surface area (Å²) in [6.07, 6.45) is 4.42. The first-order valence-electron chi connectivity index (χ1n) is 7.06. The van der Waals surface area contributed by atoms with Gasteiger partial charge in [-0.25, -0.2) is 8.78 Å². The molecular weight excluding hydrogens is 358 g/mol. The quantitative estimate of drug-likeness (QED) is 0.748. The number of carbonyl (C=O) groups is 1. The third kappa shape index (κ3) is 2.99. The minimum absolute atomic E-state index is 0.241. The maximum absolute atomic E-state index is 12.7. The van der Waals surface area contributed by atoms with Crippen molar-refractivity contribution in [3.63, 3.8) is 0 Å². The summed E-state index contributed by atoms with van der Waals surface area (Å²) < 4.78 is 31.9. The summed E-state index contributed by atoms with van der Waals surface area (Å²) in [6, 6.07) is -0.241. The van der Waals surface area contributed by atoms with E-state index in [0.717, 1.165) is 10.0 Å². The molecule has 0 saturated carbocycles. The largest absolute Gasteiger partial charge is 0.489 e. The zero-order valence-electron chi connectivity index (χ0n) is 11.7. The highest BCUT2D eigenvalue weighted by Gasteiger charge is 2.34. The van der Waals surface area contributed by atoms with Gasteiger partial charge in [0.15, 0.2) is 0 Å². The van der Waals surface area contributed by atoms with Gasteiger partial charge < -0.3 is 9.64 Å². The maximum Gasteiger partial charge on any atom is 0.239 e. The molecule has 2 aliphatic rings. The Labute approximate surface area is 135 Å². The molecule has 7 heteroatoms. The average molecular weight is 373 g/mol. The third-order valence-corrected chi connectivity index (χ3v) is 4.50. The van der Waals surface area contributed by atoms with Gasteiger partial charge in [0.2, 0.25) is 12.3 Å². The van der Waals surface area contributed by atoms with Crippen molar-refractivity contribution in [2.75, 3.05) is 6.61 Å². The van der Waals surface area contributed by atoms with Crippen LogP contribution in [0.25, 0.3) is 0 Å². The lowest BCUT2D eigenvalue weighted by atomic mass is 10.0. The highest BCUT2D eigenvalue weighted by Crippen LogP contribution is 2.34. The van der Waals surface area contributed by atoms with Gasteiger partial charge in [-0.2, -0.15) is 0 Å². The van der Waals surface area contributed by atoms with Crippen molar-refractivity contribution in [2.45, 2.75) is 31.9 Å². The van der Waals surface area contributed by atoms with Gasteiger partial charge in [-0.3, -0.25) is 9.78 Å². The number of hydrogen-bond donors (Lipinski definition) is 0. The zero-order chi connectivity index (χ0) is 15.7. The normalized spacial score (nSPS) is 24.4. The summed E-state index contributed by atoms with van der Waals surface area (Å²) in [5, 5.41) is 0. The number of fused-ring (bicyclic) bond motifs is 2. The van der Waals surface area contributed by atoms with Gasteiger partial charge in [0, 0.05) is 30.3 Å². The Balaban J connectivity index is 1.90. The first-order chi connectivity index (χ1) is 10.6. The monoisotopic (exact) mass is 372 g/mol. The Morgan fingerprint density at radius 3 is 3.05 bits per heavy atom. The predicted octanol–water partition coefficient (Wildman–Crippen LogP) is 3.17. The highest BCUT2D eigenvalue weighted by atomic mass is 79.9. The Morgan fingerprint density at radius 1 is 1.45 bits per heavy atom. The van der Waals surface area contributed by atoms with E-state index in [-0.39, 0.29) is 11.9 Å². The van der Waals surface area contributed by atoms with Gasteiger partial charge in [0.1, 0.15) is 12.4 Å². The van der Waals surface area contributed by atoms with Crippen molar-refractivity contribution < 1.29 is 18.3 Å². The molecule has 1 amide bonds. The van der Waals surface area contributed by atoms with Gasteiger partial charge in [-0.1, -0.05) is 12.2 Å². The Bertz CT molecular complexity index is 609. The van der Waals surface area contributed by atoms with Gasteiger partial charge in [0.05, 0.1) is 17.1 Å². The molecule has 0 bridgehead atoms. The second-order valence-corrected chi connectivity index (χ2v) is 6.30. The fourth-order valence-electron chi connectivity index (χ4n) is 2.85. The van der Waals surface area contributed by atoms with E-state index in [2.05, 4.69) is 20.9 Å². The van der Waals surface area contributed by atoms with Gasteiger partial charge in [0.25, 0.3) is 0 Å². The smallest absolute Gasteiger partial charge is 0.239 e. The molecule has 0 saturated heterocycles. The van der Waals surface area contributed by atoms with E-state index in [9.17, 15) is 13.6 Å². The summed E-state index contributed by atoms with van der Waals surface area (Å²) in [7, 11) is 0. The van der Waals surface area contributed by atoms with Crippen molar-refractivity contribution >= 4 is 21.8 Å². The van der Waals surface area contributed by atoms with Crippen LogP contribution in [0.5, 0.6) is 5.75 Å². The van der Waals surface area contributed by atoms with E-state index in [0.29, 0.717) is 25.3 Å². The Hall–Kier alpha value is -1.50. The number of hydrogen-bond acceptors (Lipinski definition) is 3. The number of carbonyl (C=O) groups excluding carboxylic acids is 1. The minimum Gasteiger partial charge on any atom is -0.489 e. The minimum atomic E-state index is -2.48. The number of amides is 1. The van der Waals surface area contributed by atoms with E-state index in [4.69, 9.17) is 4.74 Å². The van der Waals surface area contributed by atoms with E-state index < -0.39 is 18.8 Å². The van der Waals surface area contributed by atoms with Crippen LogP contribution in [-0.4, -0.2) is 34.9 Å². The first kappa shape index (κ1) is 15.4. The van der Waals surface area contributed by atoms with Gasteiger partial charge in [-0.05, 0) is 22.4 Å². The molecule has 1 aromatic rings. The summed E-state index contributed by atoms with van der Waals surface area (Å²) in [6.45, 7) is 0.620. The van der Waals surface area contributed by atoms with Crippen LogP contribution in [0, 0.1) is 5.92 Å². The van der Waals surface area contributed by atoms with Gasteiger partial charge in [-0.15, -0.1) is 0 Å². The van der Waals surface area contributed by atoms with Crippen LogP contribution in [0.3, 0.4) is 0 Å². The van der Waals surface area contributed by atoms with E-state index in [1.54, 1.807) is 17.3 Å². The number of pyridine rings is 1. The first-order valence-corrected chi connectivity index (χ1v) is 7.86. The van der Waals surface area contributed by atoms with Crippen molar-refractivity contribution in [1.82, 2.24) is 9.88 Å². The van der Waals surface area contributed by atoms with Crippen molar-refractivity contribution in [3.8, 4) is 5.75 Å². The van der Waals surface area contributed by atoms with Crippen LogP contribution in [0.4, 0.5) is 8.78 Å². The number of allylic oxidation sites excluding steroid dienone is 1. The molecule has 0 N–H and O–H groups in total. The maximum atomic E-state index is 12.7. The molecule has 3 rings (SSSR count). The molecule has 0 aliphatic carbocycles. The fraction of sp³-hybridized carbons (Fsp3) is 0.467. The van der Waals surface area contributed by atoms with E-state index >= 15 is 0 Å². The topological polar surface area (TPSA) is 42.4 Å². The van der Waals surface area contributed by atoms with Crippen LogP contribution >= 0.6 is 15.9 Å². The number of ether oxygens (including phenoxy) is 1. The number of alkyl halides is 2. The SMILES string of the molecule is O=C1C(CC(F)F)CC=C[C@@H]2COc3c(Br)cncc3CN12. The van der Waals surface area contributed by atoms with Crippen LogP contribution in [-0.2, 0) is 11.3 Å². The highest BCUT2D eigenvalue weighted by molar-refractivity contribution is 9.10. The molecule has 0 fully saturated rings. The molecule has 2 atom stereocenters. The summed E-state index contributed by atoms with van der Waals surface area (Å²) in [5.74, 6) is -0.260. The summed E-state index contributed by atoms with van der Waals surface area (Å²) in [4.78, 5) is 18.3. The van der Waals surface area contributed by atoms with Crippen molar-refractivity contribution in [2.24, 2.45) is 5.92 Å². The predicted molar refractivity (Wildman–Crippen MR) is 79.6 cm³/mol. The molecule has 3 heterocycles. The van der Waals surface area contributed by atoms with Crippen LogP contribution in [0.2, 0.25) is 0 Å². The van der Waals surface area contributed by atoms with Crippen LogP contribution < -0.4 is 4.74 Å². The van der Waals surface area contributed by atoms with Crippen LogP contribution in [0.15, 0.2) is 29.0 Å². The molecular formula is C15H15BrF2N2O2. The Kier molecular flexibility index (Phi) is 4.42. The third-order valence-electron chi connectivity index (χ3n) is 3.94. The lowest BCUT2D eigenvalue weighted by Crippen LogP contribution is -2.42. The number of halogens is 3. The lowest BCUT2D eigenvalue weighted by Gasteiger charge is -2.28.